The van der Waals surface area contributed by atoms with Gasteiger partial charge in [-0.25, -0.2) is 0 Å². The zero-order valence-corrected chi connectivity index (χ0v) is 17.3. The average molecular weight is 456 g/mol. The number of nitrogens with zero attached hydrogens (tertiary/aromatic N) is 2. The van der Waals surface area contributed by atoms with Crippen LogP contribution in [-0.4, -0.2) is 24.5 Å². The van der Waals surface area contributed by atoms with Crippen molar-refractivity contribution < 1.29 is 0 Å². The lowest BCUT2D eigenvalue weighted by molar-refractivity contribution is 0.178. The lowest BCUT2D eigenvalue weighted by Crippen LogP contribution is -2.36. The minimum absolute atomic E-state index is 0.527. The maximum absolute atomic E-state index is 8.85. The van der Waals surface area contributed by atoms with Crippen LogP contribution >= 0.6 is 22.6 Å². The van der Waals surface area contributed by atoms with E-state index in [1.54, 1.807) is 16.7 Å². The molecule has 0 radical (unpaired) electrons. The number of fused-ring (bicyclic) bond motifs is 2. The molecule has 2 nitrogen and oxygen atoms in total. The van der Waals surface area contributed by atoms with Gasteiger partial charge in [-0.3, -0.25) is 0 Å². The molecule has 1 unspecified atom stereocenters. The molecule has 2 aliphatic rings. The molecule has 0 N–H and O–H groups in total. The van der Waals surface area contributed by atoms with Crippen molar-refractivity contribution in [1.29, 1.82) is 5.26 Å². The molecule has 26 heavy (non-hydrogen) atoms. The predicted octanol–water partition coefficient (Wildman–Crippen LogP) is 5.15. The first-order valence-corrected chi connectivity index (χ1v) is 10.8. The largest absolute Gasteiger partial charge is 0.302 e. The third-order valence-electron chi connectivity index (χ3n) is 6.14. The molecule has 1 aliphatic heterocycles. The van der Waals surface area contributed by atoms with E-state index >= 15 is 0 Å². The quantitative estimate of drug-likeness (QED) is 0.598. The first kappa shape index (κ1) is 18.0. The first-order chi connectivity index (χ1) is 12.8. The van der Waals surface area contributed by atoms with E-state index in [0.717, 1.165) is 32.5 Å². The van der Waals surface area contributed by atoms with Gasteiger partial charge in [0.15, 0.2) is 0 Å². The van der Waals surface area contributed by atoms with Gasteiger partial charge in [0.2, 0.25) is 0 Å². The highest BCUT2D eigenvalue weighted by Crippen LogP contribution is 2.43. The van der Waals surface area contributed by atoms with Crippen LogP contribution in [0.15, 0.2) is 42.5 Å². The lowest BCUT2D eigenvalue weighted by Gasteiger charge is -2.37. The fraction of sp³-hybridized carbons (Fsp3) is 0.435. The predicted molar refractivity (Wildman–Crippen MR) is 114 cm³/mol. The number of benzene rings is 2. The zero-order valence-electron chi connectivity index (χ0n) is 15.1. The number of piperidine rings is 1. The van der Waals surface area contributed by atoms with Gasteiger partial charge in [0.25, 0.3) is 0 Å². The molecule has 0 aromatic heterocycles. The van der Waals surface area contributed by atoms with E-state index in [-0.39, 0.29) is 0 Å². The van der Waals surface area contributed by atoms with E-state index in [0.29, 0.717) is 18.3 Å². The number of halogens is 1. The summed E-state index contributed by atoms with van der Waals surface area (Å²) in [5.74, 6) is 1.23. The van der Waals surface area contributed by atoms with Crippen molar-refractivity contribution in [2.75, 3.05) is 19.6 Å². The third kappa shape index (κ3) is 3.68. The molecule has 2 aromatic rings. The van der Waals surface area contributed by atoms with Gasteiger partial charge in [-0.2, -0.15) is 5.26 Å². The third-order valence-corrected chi connectivity index (χ3v) is 6.81. The van der Waals surface area contributed by atoms with Gasteiger partial charge in [-0.1, -0.05) is 30.3 Å². The van der Waals surface area contributed by atoms with E-state index in [1.165, 1.54) is 22.0 Å². The molecule has 2 aromatic carbocycles. The summed E-state index contributed by atoms with van der Waals surface area (Å²) in [7, 11) is 0. The van der Waals surface area contributed by atoms with E-state index in [2.05, 4.69) is 76.0 Å². The van der Waals surface area contributed by atoms with E-state index < -0.39 is 0 Å². The maximum atomic E-state index is 8.85. The molecule has 134 valence electrons. The van der Waals surface area contributed by atoms with Crippen LogP contribution in [0.1, 0.15) is 47.4 Å². The molecule has 3 heteroatoms. The molecule has 1 saturated heterocycles. The summed E-state index contributed by atoms with van der Waals surface area (Å²) in [4.78, 5) is 2.47. The Labute approximate surface area is 170 Å². The van der Waals surface area contributed by atoms with Crippen LogP contribution in [0.4, 0.5) is 0 Å². The Morgan fingerprint density at radius 2 is 1.73 bits per heavy atom. The molecule has 1 atom stereocenters. The Bertz CT molecular complexity index is 815. The molecule has 0 amide bonds. The molecule has 1 aliphatic carbocycles. The normalized spacial score (nSPS) is 20.7. The van der Waals surface area contributed by atoms with Crippen molar-refractivity contribution >= 4 is 22.6 Å². The number of rotatable bonds is 3. The highest BCUT2D eigenvalue weighted by atomic mass is 127. The first-order valence-electron chi connectivity index (χ1n) is 9.71. The number of aryl methyl sites for hydroxylation is 2. The van der Waals surface area contributed by atoms with Gasteiger partial charge in [0, 0.05) is 22.5 Å². The Balaban J connectivity index is 1.66. The molecular formula is C23H25IN2. The van der Waals surface area contributed by atoms with Gasteiger partial charge >= 0.3 is 0 Å². The number of hydrogen-bond acceptors (Lipinski definition) is 2. The van der Waals surface area contributed by atoms with Gasteiger partial charge < -0.3 is 4.90 Å². The Morgan fingerprint density at radius 1 is 1.00 bits per heavy atom. The van der Waals surface area contributed by atoms with E-state index in [9.17, 15) is 0 Å². The Kier molecular flexibility index (Phi) is 5.61. The summed E-state index contributed by atoms with van der Waals surface area (Å²) in [6, 6.07) is 18.5. The summed E-state index contributed by atoms with van der Waals surface area (Å²) in [6.07, 6.45) is 5.42. The van der Waals surface area contributed by atoms with Crippen LogP contribution in [-0.2, 0) is 12.8 Å². The number of hydrogen-bond donors (Lipinski definition) is 0. The summed E-state index contributed by atoms with van der Waals surface area (Å²) in [5, 5.41) is 8.85. The zero-order chi connectivity index (χ0) is 17.9. The minimum Gasteiger partial charge on any atom is -0.302 e. The molecule has 0 spiro atoms. The summed E-state index contributed by atoms with van der Waals surface area (Å²) in [5.41, 5.74) is 6.20. The Morgan fingerprint density at radius 3 is 2.54 bits per heavy atom. The minimum atomic E-state index is 0.527. The van der Waals surface area contributed by atoms with Crippen molar-refractivity contribution in [3.8, 4) is 6.07 Å². The summed E-state index contributed by atoms with van der Waals surface area (Å²) < 4.78 is 1.34. The standard InChI is InChI=1S/C23H25IN2/c24-20-8-9-22-19(16-20)7-6-17-4-1-2-5-21(17)23(22)18-10-14-26(15-11-18)13-3-12-25/h1-2,4-5,8-9,16,18,23H,3,6-7,10-11,13-15H2. The highest BCUT2D eigenvalue weighted by molar-refractivity contribution is 14.1. The van der Waals surface area contributed by atoms with Crippen LogP contribution in [0, 0.1) is 20.8 Å². The van der Waals surface area contributed by atoms with Crippen molar-refractivity contribution in [1.82, 2.24) is 4.90 Å². The molecule has 0 saturated carbocycles. The molecule has 1 heterocycles. The number of likely N-dealkylation sites (tertiary alicyclic amines) is 1. The van der Waals surface area contributed by atoms with Gasteiger partial charge in [-0.15, -0.1) is 0 Å². The van der Waals surface area contributed by atoms with Crippen molar-refractivity contribution in [2.45, 2.75) is 38.0 Å². The van der Waals surface area contributed by atoms with Crippen LogP contribution in [0.25, 0.3) is 0 Å². The summed E-state index contributed by atoms with van der Waals surface area (Å²) in [6.45, 7) is 3.19. The van der Waals surface area contributed by atoms with Crippen molar-refractivity contribution in [2.24, 2.45) is 5.92 Å². The smallest absolute Gasteiger partial charge is 0.0635 e. The highest BCUT2D eigenvalue weighted by Gasteiger charge is 2.32. The molecule has 0 bridgehead atoms. The van der Waals surface area contributed by atoms with Gasteiger partial charge in [0.1, 0.15) is 0 Å². The van der Waals surface area contributed by atoms with Gasteiger partial charge in [-0.05, 0) is 102 Å². The lowest BCUT2D eigenvalue weighted by atomic mass is 9.74. The second kappa shape index (κ2) is 8.10. The fourth-order valence-corrected chi connectivity index (χ4v) is 5.38. The fourth-order valence-electron chi connectivity index (χ4n) is 4.82. The Hall–Kier alpha value is -1.38. The monoisotopic (exact) mass is 456 g/mol. The maximum Gasteiger partial charge on any atom is 0.0635 e. The average Bonchev–Trinajstić information content (AvgIpc) is 2.83. The second-order valence-corrected chi connectivity index (χ2v) is 8.85. The number of nitriles is 1. The van der Waals surface area contributed by atoms with Crippen LogP contribution < -0.4 is 0 Å². The molecular weight excluding hydrogens is 431 g/mol. The van der Waals surface area contributed by atoms with Gasteiger partial charge in [0.05, 0.1) is 6.07 Å². The SMILES string of the molecule is N#CCCN1CCC(C2c3ccccc3CCc3cc(I)ccc32)CC1. The van der Waals surface area contributed by atoms with Crippen LogP contribution in [0.2, 0.25) is 0 Å². The second-order valence-electron chi connectivity index (χ2n) is 7.61. The van der Waals surface area contributed by atoms with Crippen LogP contribution in [0.5, 0.6) is 0 Å². The summed E-state index contributed by atoms with van der Waals surface area (Å²) >= 11 is 2.44. The van der Waals surface area contributed by atoms with E-state index in [1.807, 2.05) is 0 Å². The van der Waals surface area contributed by atoms with E-state index in [4.69, 9.17) is 5.26 Å². The van der Waals surface area contributed by atoms with Crippen molar-refractivity contribution in [3.63, 3.8) is 0 Å². The topological polar surface area (TPSA) is 27.0 Å². The molecule has 4 rings (SSSR count). The van der Waals surface area contributed by atoms with Crippen LogP contribution in [0.3, 0.4) is 0 Å². The molecule has 1 fully saturated rings. The van der Waals surface area contributed by atoms with Crippen molar-refractivity contribution in [3.05, 3.63) is 68.3 Å².